The summed E-state index contributed by atoms with van der Waals surface area (Å²) in [5, 5.41) is 21.6. The minimum Gasteiger partial charge on any atom is -0.504 e. The van der Waals surface area contributed by atoms with Gasteiger partial charge in [-0.25, -0.2) is 5.01 Å². The summed E-state index contributed by atoms with van der Waals surface area (Å²) in [7, 11) is 1.54. The van der Waals surface area contributed by atoms with E-state index in [4.69, 9.17) is 26.2 Å². The number of hydrogen-bond donors (Lipinski definition) is 1. The van der Waals surface area contributed by atoms with E-state index in [0.29, 0.717) is 17.2 Å². The fraction of sp³-hybridized carbons (Fsp3) is 0.190. The number of halogens is 1. The monoisotopic (exact) mass is 412 g/mol. The SMILES string of the molecule is COc1cc(C2=NN3[C@H](C2)c2cc(Cl)ccc2O[C@@H]3c2ccsc2)ccc1O. The van der Waals surface area contributed by atoms with Crippen molar-refractivity contribution in [1.82, 2.24) is 5.01 Å². The number of hydrazone groups is 1. The molecule has 7 heteroatoms. The Kier molecular flexibility index (Phi) is 4.18. The van der Waals surface area contributed by atoms with Crippen molar-refractivity contribution in [2.45, 2.75) is 18.7 Å². The number of ether oxygens (including phenoxy) is 2. The molecular weight excluding hydrogens is 396 g/mol. The number of thiophene rings is 1. The van der Waals surface area contributed by atoms with Gasteiger partial charge in [0.15, 0.2) is 11.5 Å². The Balaban J connectivity index is 1.59. The fourth-order valence-electron chi connectivity index (χ4n) is 3.73. The van der Waals surface area contributed by atoms with Crippen molar-refractivity contribution < 1.29 is 14.6 Å². The molecule has 1 N–H and O–H groups in total. The van der Waals surface area contributed by atoms with Crippen LogP contribution in [-0.2, 0) is 0 Å². The Labute approximate surface area is 171 Å². The lowest BCUT2D eigenvalue weighted by Crippen LogP contribution is -2.33. The molecule has 0 aliphatic carbocycles. The molecule has 5 rings (SSSR count). The van der Waals surface area contributed by atoms with Crippen LogP contribution in [-0.4, -0.2) is 22.9 Å². The van der Waals surface area contributed by atoms with Gasteiger partial charge in [-0.3, -0.25) is 0 Å². The number of benzene rings is 2. The Morgan fingerprint density at radius 3 is 2.93 bits per heavy atom. The van der Waals surface area contributed by atoms with Crippen LogP contribution in [0.15, 0.2) is 58.3 Å². The third-order valence-electron chi connectivity index (χ3n) is 5.09. The molecule has 3 aromatic rings. The lowest BCUT2D eigenvalue weighted by Gasteiger charge is -2.37. The van der Waals surface area contributed by atoms with Crippen LogP contribution in [0, 0.1) is 0 Å². The van der Waals surface area contributed by atoms with E-state index in [0.717, 1.165) is 28.2 Å². The molecule has 0 saturated carbocycles. The zero-order chi connectivity index (χ0) is 19.3. The Hall–Kier alpha value is -2.70. The van der Waals surface area contributed by atoms with Gasteiger partial charge in [0.25, 0.3) is 0 Å². The summed E-state index contributed by atoms with van der Waals surface area (Å²) in [5.74, 6) is 1.37. The molecule has 142 valence electrons. The smallest absolute Gasteiger partial charge is 0.214 e. The van der Waals surface area contributed by atoms with Crippen molar-refractivity contribution in [3.05, 3.63) is 74.9 Å². The van der Waals surface area contributed by atoms with Gasteiger partial charge in [0.2, 0.25) is 6.23 Å². The van der Waals surface area contributed by atoms with Crippen LogP contribution in [0.2, 0.25) is 5.02 Å². The molecule has 28 heavy (non-hydrogen) atoms. The van der Waals surface area contributed by atoms with E-state index < -0.39 is 0 Å². The molecule has 0 radical (unpaired) electrons. The van der Waals surface area contributed by atoms with Gasteiger partial charge in [-0.1, -0.05) is 11.6 Å². The minimum absolute atomic E-state index is 0.0298. The van der Waals surface area contributed by atoms with Gasteiger partial charge >= 0.3 is 0 Å². The summed E-state index contributed by atoms with van der Waals surface area (Å²) in [6.07, 6.45) is 0.423. The second kappa shape index (κ2) is 6.72. The summed E-state index contributed by atoms with van der Waals surface area (Å²) in [4.78, 5) is 0. The molecule has 0 fully saturated rings. The highest BCUT2D eigenvalue weighted by atomic mass is 35.5. The maximum Gasteiger partial charge on any atom is 0.214 e. The predicted octanol–water partition coefficient (Wildman–Crippen LogP) is 5.36. The molecule has 5 nitrogen and oxygen atoms in total. The van der Waals surface area contributed by atoms with Gasteiger partial charge in [-0.2, -0.15) is 16.4 Å². The average molecular weight is 413 g/mol. The van der Waals surface area contributed by atoms with Crippen molar-refractivity contribution in [3.8, 4) is 17.2 Å². The van der Waals surface area contributed by atoms with Crippen LogP contribution in [0.4, 0.5) is 0 Å². The third kappa shape index (κ3) is 2.80. The highest BCUT2D eigenvalue weighted by molar-refractivity contribution is 7.07. The summed E-state index contributed by atoms with van der Waals surface area (Å²) >= 11 is 7.89. The zero-order valence-electron chi connectivity index (χ0n) is 15.0. The molecule has 2 aromatic carbocycles. The predicted molar refractivity (Wildman–Crippen MR) is 110 cm³/mol. The molecule has 2 aliphatic rings. The van der Waals surface area contributed by atoms with Gasteiger partial charge < -0.3 is 14.6 Å². The number of hydrogen-bond acceptors (Lipinski definition) is 6. The Morgan fingerprint density at radius 2 is 2.14 bits per heavy atom. The van der Waals surface area contributed by atoms with Crippen LogP contribution in [0.25, 0.3) is 0 Å². The van der Waals surface area contributed by atoms with E-state index in [-0.39, 0.29) is 18.0 Å². The topological polar surface area (TPSA) is 54.3 Å². The minimum atomic E-state index is -0.290. The van der Waals surface area contributed by atoms with Crippen molar-refractivity contribution in [2.24, 2.45) is 5.10 Å². The van der Waals surface area contributed by atoms with E-state index in [2.05, 4.69) is 11.4 Å². The molecule has 0 unspecified atom stereocenters. The summed E-state index contributed by atoms with van der Waals surface area (Å²) < 4.78 is 11.6. The number of aromatic hydroxyl groups is 1. The lowest BCUT2D eigenvalue weighted by molar-refractivity contribution is -0.0187. The Morgan fingerprint density at radius 1 is 1.25 bits per heavy atom. The van der Waals surface area contributed by atoms with Gasteiger partial charge in [0.1, 0.15) is 5.75 Å². The second-order valence-corrected chi connectivity index (χ2v) is 7.96. The summed E-state index contributed by atoms with van der Waals surface area (Å²) in [6.45, 7) is 0. The van der Waals surface area contributed by atoms with Gasteiger partial charge in [0, 0.05) is 28.1 Å². The molecule has 2 aliphatic heterocycles. The van der Waals surface area contributed by atoms with Crippen molar-refractivity contribution in [3.63, 3.8) is 0 Å². The first kappa shape index (κ1) is 17.4. The molecule has 2 atom stereocenters. The molecular formula is C21H17ClN2O3S. The quantitative estimate of drug-likeness (QED) is 0.629. The van der Waals surface area contributed by atoms with E-state index in [1.165, 1.54) is 7.11 Å². The first-order chi connectivity index (χ1) is 13.6. The van der Waals surface area contributed by atoms with Crippen LogP contribution in [0.3, 0.4) is 0 Å². The normalized spacial score (nSPS) is 20.2. The summed E-state index contributed by atoms with van der Waals surface area (Å²) in [6, 6.07) is 13.1. The van der Waals surface area contributed by atoms with Crippen LogP contribution < -0.4 is 9.47 Å². The van der Waals surface area contributed by atoms with Gasteiger partial charge in [-0.05, 0) is 53.2 Å². The van der Waals surface area contributed by atoms with Crippen molar-refractivity contribution in [1.29, 1.82) is 0 Å². The lowest BCUT2D eigenvalue weighted by atomic mass is 9.96. The molecule has 0 saturated heterocycles. The molecule has 1 aromatic heterocycles. The van der Waals surface area contributed by atoms with Crippen LogP contribution in [0.5, 0.6) is 17.2 Å². The third-order valence-corrected chi connectivity index (χ3v) is 6.03. The molecule has 0 spiro atoms. The number of nitrogens with zero attached hydrogens (tertiary/aromatic N) is 2. The van der Waals surface area contributed by atoms with Crippen LogP contribution in [0.1, 0.15) is 35.4 Å². The molecule has 0 bridgehead atoms. The number of rotatable bonds is 3. The summed E-state index contributed by atoms with van der Waals surface area (Å²) in [5.41, 5.74) is 3.93. The first-order valence-corrected chi connectivity index (χ1v) is 10.2. The highest BCUT2D eigenvalue weighted by Gasteiger charge is 2.41. The van der Waals surface area contributed by atoms with Crippen LogP contribution >= 0.6 is 22.9 Å². The Bertz CT molecular complexity index is 1070. The van der Waals surface area contributed by atoms with Crippen molar-refractivity contribution >= 4 is 28.6 Å². The number of fused-ring (bicyclic) bond motifs is 3. The number of phenols is 1. The highest BCUT2D eigenvalue weighted by Crippen LogP contribution is 2.48. The van der Waals surface area contributed by atoms with E-state index >= 15 is 0 Å². The average Bonchev–Trinajstić information content (AvgIpc) is 3.38. The molecule has 0 amide bonds. The van der Waals surface area contributed by atoms with Gasteiger partial charge in [0.05, 0.1) is 18.9 Å². The number of phenolic OH excluding ortho intramolecular Hbond substituents is 1. The maximum atomic E-state index is 9.90. The van der Waals surface area contributed by atoms with Crippen molar-refractivity contribution in [2.75, 3.05) is 7.11 Å². The first-order valence-electron chi connectivity index (χ1n) is 8.85. The van der Waals surface area contributed by atoms with E-state index in [1.807, 2.05) is 40.7 Å². The molecule has 3 heterocycles. The second-order valence-electron chi connectivity index (χ2n) is 6.74. The van der Waals surface area contributed by atoms with E-state index in [9.17, 15) is 5.11 Å². The standard InChI is InChI=1S/C21H17ClN2O3S/c1-26-20-8-12(2-4-18(20)25)16-10-17-15-9-14(22)3-5-19(15)27-21(24(17)23-16)13-6-7-28-11-13/h2-9,11,17,21,25H,10H2,1H3/t17-,21-/m1/s1. The van der Waals surface area contributed by atoms with Gasteiger partial charge in [-0.15, -0.1) is 0 Å². The zero-order valence-corrected chi connectivity index (χ0v) is 16.6. The van der Waals surface area contributed by atoms with E-state index in [1.54, 1.807) is 17.4 Å². The largest absolute Gasteiger partial charge is 0.504 e. The fourth-order valence-corrected chi connectivity index (χ4v) is 4.57. The number of methoxy groups -OCH3 is 1. The maximum absolute atomic E-state index is 9.90.